The molecule has 4 rings (SSSR count). The van der Waals surface area contributed by atoms with Gasteiger partial charge in [0, 0.05) is 21.9 Å². The minimum Gasteiger partial charge on any atom is -0.496 e. The quantitative estimate of drug-likeness (QED) is 0.133. The third-order valence-corrected chi connectivity index (χ3v) is 6.92. The van der Waals surface area contributed by atoms with Gasteiger partial charge in [0.05, 0.1) is 37.2 Å². The van der Waals surface area contributed by atoms with Crippen LogP contribution >= 0.6 is 23.4 Å². The van der Waals surface area contributed by atoms with Crippen molar-refractivity contribution in [2.24, 2.45) is 0 Å². The van der Waals surface area contributed by atoms with Gasteiger partial charge in [0.1, 0.15) is 5.75 Å². The minimum absolute atomic E-state index is 0.0530. The summed E-state index contributed by atoms with van der Waals surface area (Å²) < 4.78 is 11.9. The van der Waals surface area contributed by atoms with E-state index >= 15 is 0 Å². The van der Waals surface area contributed by atoms with Crippen LogP contribution in [0.2, 0.25) is 5.02 Å². The van der Waals surface area contributed by atoms with E-state index in [-0.39, 0.29) is 17.9 Å². The summed E-state index contributed by atoms with van der Waals surface area (Å²) in [7, 11) is 2.86. The number of fused-ring (bicyclic) bond motifs is 1. The first-order chi connectivity index (χ1) is 17.3. The molecule has 7 nitrogen and oxygen atoms in total. The molecule has 0 radical (unpaired) electrons. The van der Waals surface area contributed by atoms with Gasteiger partial charge in [-0.05, 0) is 61.0 Å². The van der Waals surface area contributed by atoms with Crippen LogP contribution in [0.3, 0.4) is 0 Å². The summed E-state index contributed by atoms with van der Waals surface area (Å²) in [4.78, 5) is 42.2. The number of rotatable bonds is 8. The molecule has 1 aromatic heterocycles. The number of thioether (sulfide) groups is 1. The fraction of sp³-hybridized carbons (Fsp3) is 0.185. The Bertz CT molecular complexity index is 1520. The molecule has 3 aromatic carbocycles. The number of methoxy groups -OCH3 is 2. The van der Waals surface area contributed by atoms with E-state index in [2.05, 4.69) is 0 Å². The number of hydrogen-bond donors (Lipinski definition) is 0. The van der Waals surface area contributed by atoms with Crippen LogP contribution < -0.4 is 10.3 Å². The molecule has 4 aromatic rings. The lowest BCUT2D eigenvalue weighted by molar-refractivity contribution is 0.0600. The first kappa shape index (κ1) is 25.5. The Morgan fingerprint density at radius 1 is 1.00 bits per heavy atom. The van der Waals surface area contributed by atoms with E-state index in [1.54, 1.807) is 60.2 Å². The van der Waals surface area contributed by atoms with Gasteiger partial charge < -0.3 is 9.47 Å². The molecule has 0 spiro atoms. The zero-order chi connectivity index (χ0) is 25.8. The van der Waals surface area contributed by atoms with Crippen molar-refractivity contribution in [2.75, 3.05) is 14.2 Å². The van der Waals surface area contributed by atoms with Crippen LogP contribution in [0.5, 0.6) is 5.75 Å². The third-order valence-electron chi connectivity index (χ3n) is 5.64. The van der Waals surface area contributed by atoms with Crippen LogP contribution in [0.25, 0.3) is 10.9 Å². The summed E-state index contributed by atoms with van der Waals surface area (Å²) in [6, 6.07) is 17.2. The number of benzene rings is 3. The Labute approximate surface area is 217 Å². The van der Waals surface area contributed by atoms with Crippen LogP contribution in [-0.2, 0) is 17.0 Å². The van der Waals surface area contributed by atoms with E-state index in [0.29, 0.717) is 43.7 Å². The van der Waals surface area contributed by atoms with Crippen molar-refractivity contribution in [2.45, 2.75) is 24.4 Å². The van der Waals surface area contributed by atoms with Crippen molar-refractivity contribution in [3.8, 4) is 5.75 Å². The predicted octanol–water partition coefficient (Wildman–Crippen LogP) is 5.39. The van der Waals surface area contributed by atoms with Gasteiger partial charge in [0.2, 0.25) is 0 Å². The van der Waals surface area contributed by atoms with Gasteiger partial charge in [-0.15, -0.1) is 0 Å². The molecule has 0 aliphatic carbocycles. The Morgan fingerprint density at radius 3 is 2.39 bits per heavy atom. The number of ether oxygens (including phenoxy) is 2. The number of hydrogen-bond acceptors (Lipinski definition) is 7. The molecule has 1 heterocycles. The molecule has 0 amide bonds. The van der Waals surface area contributed by atoms with Crippen LogP contribution in [0, 0.1) is 0 Å². The second-order valence-corrected chi connectivity index (χ2v) is 9.39. The number of esters is 1. The third kappa shape index (κ3) is 5.45. The molecule has 0 fully saturated rings. The van der Waals surface area contributed by atoms with Crippen LogP contribution in [0.1, 0.15) is 38.8 Å². The molecule has 36 heavy (non-hydrogen) atoms. The molecular weight excluding hydrogens is 500 g/mol. The lowest BCUT2D eigenvalue weighted by Gasteiger charge is -2.15. The van der Waals surface area contributed by atoms with Crippen molar-refractivity contribution < 1.29 is 19.1 Å². The number of ketones is 1. The average molecular weight is 523 g/mol. The smallest absolute Gasteiger partial charge is 0.337 e. The van der Waals surface area contributed by atoms with E-state index in [0.717, 1.165) is 11.1 Å². The summed E-state index contributed by atoms with van der Waals surface area (Å²) in [6.07, 6.45) is 0. The lowest BCUT2D eigenvalue weighted by atomic mass is 10.1. The Hall–Kier alpha value is -3.62. The monoisotopic (exact) mass is 522 g/mol. The van der Waals surface area contributed by atoms with Crippen molar-refractivity contribution in [1.29, 1.82) is 0 Å². The van der Waals surface area contributed by atoms with E-state index < -0.39 is 5.97 Å². The molecule has 0 saturated heterocycles. The maximum absolute atomic E-state index is 13.5. The van der Waals surface area contributed by atoms with Gasteiger partial charge in [-0.1, -0.05) is 35.5 Å². The second-order valence-electron chi connectivity index (χ2n) is 8.01. The Morgan fingerprint density at radius 2 is 1.72 bits per heavy atom. The van der Waals surface area contributed by atoms with Crippen LogP contribution in [0.4, 0.5) is 0 Å². The number of Topliss-reactive ketones (excluding diaryl/α,β-unsaturated/α-hetero) is 1. The molecule has 0 saturated carbocycles. The zero-order valence-corrected chi connectivity index (χ0v) is 21.5. The molecule has 184 valence electrons. The molecule has 9 heteroatoms. The fourth-order valence-electron chi connectivity index (χ4n) is 3.72. The maximum atomic E-state index is 13.5. The maximum Gasteiger partial charge on any atom is 0.337 e. The molecule has 0 aliphatic heterocycles. The SMILES string of the molecule is COC(=O)c1ccc2c(=O)n(Cc3ccc(Cl)cc3)c(SCc3cc(C(C)=O)ccc3OC)nc2c1. The average Bonchev–Trinajstić information content (AvgIpc) is 2.89. The molecular formula is C27H23ClN2O5S. The van der Waals surface area contributed by atoms with Crippen molar-refractivity contribution in [1.82, 2.24) is 9.55 Å². The Kier molecular flexibility index (Phi) is 7.76. The van der Waals surface area contributed by atoms with Crippen LogP contribution in [-0.4, -0.2) is 35.5 Å². The first-order valence-electron chi connectivity index (χ1n) is 11.0. The standard InChI is InChI=1S/C27H23ClN2O5S/c1-16(31)18-7-11-24(34-2)20(12-18)15-36-27-29-23-13-19(26(33)35-3)6-10-22(23)25(32)30(27)14-17-4-8-21(28)9-5-17/h4-13H,14-15H2,1-3H3. The van der Waals surface area contributed by atoms with Gasteiger partial charge in [-0.25, -0.2) is 9.78 Å². The van der Waals surface area contributed by atoms with E-state index in [9.17, 15) is 14.4 Å². The van der Waals surface area contributed by atoms with Gasteiger partial charge in [0.25, 0.3) is 5.56 Å². The highest BCUT2D eigenvalue weighted by molar-refractivity contribution is 7.98. The Balaban J connectivity index is 1.80. The largest absolute Gasteiger partial charge is 0.496 e. The molecule has 0 unspecified atom stereocenters. The normalized spacial score (nSPS) is 10.9. The summed E-state index contributed by atoms with van der Waals surface area (Å²) in [5.74, 6) is 0.471. The molecule has 0 atom stereocenters. The van der Waals surface area contributed by atoms with E-state index in [4.69, 9.17) is 26.1 Å². The number of halogens is 1. The molecule has 0 bridgehead atoms. The second kappa shape index (κ2) is 11.0. The van der Waals surface area contributed by atoms with Crippen molar-refractivity contribution in [3.63, 3.8) is 0 Å². The van der Waals surface area contributed by atoms with E-state index in [1.807, 2.05) is 12.1 Å². The summed E-state index contributed by atoms with van der Waals surface area (Å²) in [5, 5.41) is 1.45. The highest BCUT2D eigenvalue weighted by Crippen LogP contribution is 2.29. The fourth-order valence-corrected chi connectivity index (χ4v) is 4.82. The van der Waals surface area contributed by atoms with Gasteiger partial charge in [-0.2, -0.15) is 0 Å². The molecule has 0 N–H and O–H groups in total. The summed E-state index contributed by atoms with van der Waals surface area (Å²) in [6.45, 7) is 1.79. The zero-order valence-electron chi connectivity index (χ0n) is 19.9. The van der Waals surface area contributed by atoms with Crippen molar-refractivity contribution >= 4 is 46.0 Å². The summed E-state index contributed by atoms with van der Waals surface area (Å²) in [5.41, 5.74) is 2.71. The minimum atomic E-state index is -0.510. The lowest BCUT2D eigenvalue weighted by Crippen LogP contribution is -2.24. The highest BCUT2D eigenvalue weighted by Gasteiger charge is 2.16. The summed E-state index contributed by atoms with van der Waals surface area (Å²) >= 11 is 7.37. The molecule has 0 aliphatic rings. The topological polar surface area (TPSA) is 87.5 Å². The highest BCUT2D eigenvalue weighted by atomic mass is 35.5. The van der Waals surface area contributed by atoms with Gasteiger partial charge in [-0.3, -0.25) is 14.2 Å². The van der Waals surface area contributed by atoms with Crippen LogP contribution in [0.15, 0.2) is 70.6 Å². The van der Waals surface area contributed by atoms with Gasteiger partial charge >= 0.3 is 5.97 Å². The number of carbonyl (C=O) groups is 2. The number of aromatic nitrogens is 2. The predicted molar refractivity (Wildman–Crippen MR) is 140 cm³/mol. The van der Waals surface area contributed by atoms with Gasteiger partial charge in [0.15, 0.2) is 10.9 Å². The van der Waals surface area contributed by atoms with E-state index in [1.165, 1.54) is 25.8 Å². The number of nitrogens with zero attached hydrogens (tertiary/aromatic N) is 2. The first-order valence-corrected chi connectivity index (χ1v) is 12.3. The van der Waals surface area contributed by atoms with Crippen molar-refractivity contribution in [3.05, 3.63) is 98.3 Å². The number of carbonyl (C=O) groups excluding carboxylic acids is 2.